The quantitative estimate of drug-likeness (QED) is 0.680. The van der Waals surface area contributed by atoms with Crippen molar-refractivity contribution in [2.45, 2.75) is 24.9 Å². The molecule has 0 amide bonds. The summed E-state index contributed by atoms with van der Waals surface area (Å²) in [6.45, 7) is 1.29. The van der Waals surface area contributed by atoms with Crippen LogP contribution < -0.4 is 0 Å². The number of esters is 1. The van der Waals surface area contributed by atoms with Crippen LogP contribution in [0.4, 0.5) is 13.2 Å². The van der Waals surface area contributed by atoms with E-state index >= 15 is 0 Å². The molecule has 0 bridgehead atoms. The van der Waals surface area contributed by atoms with Crippen LogP contribution in [0, 0.1) is 11.7 Å². The third kappa shape index (κ3) is 1.39. The SMILES string of the molecule is CC12OC(=O)CC1C(F)(F)C(=O)c1ccc(F)cc12. The van der Waals surface area contributed by atoms with Crippen molar-refractivity contribution in [2.75, 3.05) is 0 Å². The van der Waals surface area contributed by atoms with Crippen molar-refractivity contribution in [3.8, 4) is 0 Å². The Kier molecular flexibility index (Phi) is 2.17. The Labute approximate surface area is 106 Å². The van der Waals surface area contributed by atoms with Crippen LogP contribution in [-0.2, 0) is 15.1 Å². The minimum Gasteiger partial charge on any atom is -0.454 e. The van der Waals surface area contributed by atoms with E-state index in [-0.39, 0.29) is 11.1 Å². The van der Waals surface area contributed by atoms with Crippen molar-refractivity contribution in [3.63, 3.8) is 0 Å². The highest BCUT2D eigenvalue weighted by molar-refractivity contribution is 6.05. The van der Waals surface area contributed by atoms with E-state index < -0.39 is 41.4 Å². The first-order valence-electron chi connectivity index (χ1n) is 5.71. The number of halogens is 3. The Morgan fingerprint density at radius 3 is 2.68 bits per heavy atom. The summed E-state index contributed by atoms with van der Waals surface area (Å²) in [5, 5.41) is 0. The number of rotatable bonds is 0. The van der Waals surface area contributed by atoms with Crippen molar-refractivity contribution in [1.29, 1.82) is 0 Å². The van der Waals surface area contributed by atoms with Gasteiger partial charge in [-0.25, -0.2) is 4.39 Å². The van der Waals surface area contributed by atoms with Gasteiger partial charge in [-0.2, -0.15) is 8.78 Å². The molecule has 2 unspecified atom stereocenters. The zero-order valence-electron chi connectivity index (χ0n) is 9.88. The van der Waals surface area contributed by atoms with Crippen LogP contribution in [0.3, 0.4) is 0 Å². The first kappa shape index (κ1) is 12.2. The number of carbonyl (C=O) groups excluding carboxylic acids is 2. The lowest BCUT2D eigenvalue weighted by Crippen LogP contribution is -2.51. The van der Waals surface area contributed by atoms with Gasteiger partial charge in [-0.1, -0.05) is 0 Å². The number of ketones is 1. The molecule has 0 N–H and O–H groups in total. The van der Waals surface area contributed by atoms with Gasteiger partial charge in [0, 0.05) is 11.1 Å². The minimum atomic E-state index is -3.69. The second kappa shape index (κ2) is 3.37. The fraction of sp³-hybridized carbons (Fsp3) is 0.385. The van der Waals surface area contributed by atoms with E-state index in [9.17, 15) is 22.8 Å². The molecule has 1 saturated heterocycles. The average Bonchev–Trinajstić information content (AvgIpc) is 2.65. The summed E-state index contributed by atoms with van der Waals surface area (Å²) < 4.78 is 46.4. The van der Waals surface area contributed by atoms with Gasteiger partial charge in [-0.3, -0.25) is 9.59 Å². The fourth-order valence-corrected chi connectivity index (χ4v) is 2.89. The van der Waals surface area contributed by atoms with Crippen LogP contribution in [0.2, 0.25) is 0 Å². The molecule has 0 spiro atoms. The van der Waals surface area contributed by atoms with Crippen LogP contribution >= 0.6 is 0 Å². The van der Waals surface area contributed by atoms with Gasteiger partial charge in [0.2, 0.25) is 5.78 Å². The van der Waals surface area contributed by atoms with Crippen molar-refractivity contribution in [1.82, 2.24) is 0 Å². The smallest absolute Gasteiger partial charge is 0.317 e. The molecule has 3 rings (SSSR count). The molecule has 1 aromatic carbocycles. The molecule has 0 aromatic heterocycles. The van der Waals surface area contributed by atoms with Crippen molar-refractivity contribution in [2.24, 2.45) is 5.92 Å². The van der Waals surface area contributed by atoms with Gasteiger partial charge < -0.3 is 4.74 Å². The largest absolute Gasteiger partial charge is 0.454 e. The number of Topliss-reactive ketones (excluding diaryl/α,β-unsaturated/α-hetero) is 1. The molecular weight excluding hydrogens is 261 g/mol. The minimum absolute atomic E-state index is 0.0132. The van der Waals surface area contributed by atoms with Gasteiger partial charge in [0.05, 0.1) is 12.3 Å². The lowest BCUT2D eigenvalue weighted by molar-refractivity contribution is -0.153. The summed E-state index contributed by atoms with van der Waals surface area (Å²) in [4.78, 5) is 23.1. The summed E-state index contributed by atoms with van der Waals surface area (Å²) >= 11 is 0. The molecule has 0 saturated carbocycles. The highest BCUT2D eigenvalue weighted by atomic mass is 19.3. The number of hydrogen-bond acceptors (Lipinski definition) is 3. The van der Waals surface area contributed by atoms with E-state index in [2.05, 4.69) is 0 Å². The van der Waals surface area contributed by atoms with Crippen LogP contribution in [0.1, 0.15) is 29.3 Å². The third-order valence-corrected chi connectivity index (χ3v) is 3.86. The lowest BCUT2D eigenvalue weighted by atomic mass is 9.70. The summed E-state index contributed by atoms with van der Waals surface area (Å²) in [6, 6.07) is 2.93. The molecule has 0 radical (unpaired) electrons. The Morgan fingerprint density at radius 2 is 2.00 bits per heavy atom. The molecule has 1 fully saturated rings. The Bertz CT molecular complexity index is 611. The van der Waals surface area contributed by atoms with E-state index in [4.69, 9.17) is 4.74 Å². The molecule has 100 valence electrons. The van der Waals surface area contributed by atoms with Gasteiger partial charge in [0.25, 0.3) is 0 Å². The Hall–Kier alpha value is -1.85. The van der Waals surface area contributed by atoms with E-state index in [1.165, 1.54) is 6.92 Å². The second-order valence-electron chi connectivity index (χ2n) is 4.98. The highest BCUT2D eigenvalue weighted by Crippen LogP contribution is 2.54. The standard InChI is InChI=1S/C13H9F3O3/c1-12-8-4-6(14)2-3-7(8)11(18)13(15,16)9(12)5-10(17)19-12/h2-4,9H,5H2,1H3. The maximum Gasteiger partial charge on any atom is 0.317 e. The number of alkyl halides is 2. The van der Waals surface area contributed by atoms with Crippen LogP contribution in [0.15, 0.2) is 18.2 Å². The van der Waals surface area contributed by atoms with Crippen molar-refractivity contribution < 1.29 is 27.5 Å². The normalized spacial score (nSPS) is 31.7. The first-order chi connectivity index (χ1) is 8.76. The predicted octanol–water partition coefficient (Wildman–Crippen LogP) is 2.44. The van der Waals surface area contributed by atoms with Gasteiger partial charge in [0.15, 0.2) is 0 Å². The second-order valence-corrected chi connectivity index (χ2v) is 4.98. The molecule has 2 aliphatic rings. The molecule has 1 heterocycles. The zero-order valence-corrected chi connectivity index (χ0v) is 9.88. The van der Waals surface area contributed by atoms with Crippen molar-refractivity contribution in [3.05, 3.63) is 35.1 Å². The molecule has 19 heavy (non-hydrogen) atoms. The predicted molar refractivity (Wildman–Crippen MR) is 57.2 cm³/mol. The van der Waals surface area contributed by atoms with Crippen LogP contribution in [0.5, 0.6) is 0 Å². The van der Waals surface area contributed by atoms with Gasteiger partial charge >= 0.3 is 11.9 Å². The van der Waals surface area contributed by atoms with Gasteiger partial charge in [0.1, 0.15) is 11.4 Å². The maximum atomic E-state index is 14.1. The topological polar surface area (TPSA) is 43.4 Å². The number of benzene rings is 1. The lowest BCUT2D eigenvalue weighted by Gasteiger charge is -2.39. The van der Waals surface area contributed by atoms with E-state index in [1.54, 1.807) is 0 Å². The van der Waals surface area contributed by atoms with Gasteiger partial charge in [-0.05, 0) is 25.1 Å². The summed E-state index contributed by atoms with van der Waals surface area (Å²) in [6.07, 6.45) is -0.550. The number of ether oxygens (including phenoxy) is 1. The molecule has 6 heteroatoms. The number of hydrogen-bond donors (Lipinski definition) is 0. The molecule has 1 aromatic rings. The Morgan fingerprint density at radius 1 is 1.32 bits per heavy atom. The van der Waals surface area contributed by atoms with E-state index in [1.807, 2.05) is 0 Å². The summed E-state index contributed by atoms with van der Waals surface area (Å²) in [5.41, 5.74) is -1.94. The fourth-order valence-electron chi connectivity index (χ4n) is 2.89. The average molecular weight is 270 g/mol. The van der Waals surface area contributed by atoms with E-state index in [0.29, 0.717) is 0 Å². The van der Waals surface area contributed by atoms with Crippen molar-refractivity contribution >= 4 is 11.8 Å². The first-order valence-corrected chi connectivity index (χ1v) is 5.71. The highest BCUT2D eigenvalue weighted by Gasteiger charge is 2.66. The molecule has 2 atom stereocenters. The number of carbonyl (C=O) groups is 2. The zero-order chi connectivity index (χ0) is 14.0. The molecule has 3 nitrogen and oxygen atoms in total. The van der Waals surface area contributed by atoms with Gasteiger partial charge in [-0.15, -0.1) is 0 Å². The maximum absolute atomic E-state index is 14.1. The summed E-state index contributed by atoms with van der Waals surface area (Å²) in [5.74, 6) is -8.14. The molecular formula is C13H9F3O3. The van der Waals surface area contributed by atoms with Crippen LogP contribution in [-0.4, -0.2) is 17.7 Å². The Balaban J connectivity index is 2.31. The molecule has 1 aliphatic carbocycles. The van der Waals surface area contributed by atoms with Crippen LogP contribution in [0.25, 0.3) is 0 Å². The number of fused-ring (bicyclic) bond motifs is 3. The van der Waals surface area contributed by atoms with E-state index in [0.717, 1.165) is 18.2 Å². The molecule has 1 aliphatic heterocycles. The summed E-state index contributed by atoms with van der Waals surface area (Å²) in [7, 11) is 0. The third-order valence-electron chi connectivity index (χ3n) is 3.86. The monoisotopic (exact) mass is 270 g/mol.